The van der Waals surface area contributed by atoms with Gasteiger partial charge in [-0.3, -0.25) is 4.79 Å². The minimum Gasteiger partial charge on any atom is -0.493 e. The van der Waals surface area contributed by atoms with Gasteiger partial charge in [0.25, 0.3) is 5.91 Å². The Morgan fingerprint density at radius 1 is 0.943 bits per heavy atom. The van der Waals surface area contributed by atoms with Crippen molar-refractivity contribution in [2.45, 2.75) is 25.9 Å². The molecule has 0 radical (unpaired) electrons. The van der Waals surface area contributed by atoms with Crippen LogP contribution in [0.25, 0.3) is 11.0 Å². The molecule has 0 aliphatic carbocycles. The summed E-state index contributed by atoms with van der Waals surface area (Å²) in [4.78, 5) is 17.6. The highest BCUT2D eigenvalue weighted by atomic mass is 35.5. The van der Waals surface area contributed by atoms with Gasteiger partial charge in [-0.15, -0.1) is 0 Å². The standard InChI is InChI=1S/C27H28ClN3O4/c1-33-24-14-13-19(17-25(24)34-2)27(32)29-18-26-30-21-10-4-5-11-22(21)31(26)15-7-8-16-35-23-12-6-3-9-20(23)28/h3-6,9-14,17H,7-8,15-16,18H2,1-2H3,(H,29,32). The van der Waals surface area contributed by atoms with Crippen molar-refractivity contribution in [2.24, 2.45) is 0 Å². The van der Waals surface area contributed by atoms with Crippen molar-refractivity contribution in [3.05, 3.63) is 83.1 Å². The molecule has 0 spiro atoms. The second-order valence-corrected chi connectivity index (χ2v) is 8.31. The summed E-state index contributed by atoms with van der Waals surface area (Å²) in [5.41, 5.74) is 2.42. The molecule has 182 valence electrons. The van der Waals surface area contributed by atoms with Gasteiger partial charge in [0, 0.05) is 12.1 Å². The number of benzene rings is 3. The van der Waals surface area contributed by atoms with Crippen LogP contribution in [-0.4, -0.2) is 36.3 Å². The molecule has 0 bridgehead atoms. The lowest BCUT2D eigenvalue weighted by molar-refractivity contribution is 0.0949. The molecule has 35 heavy (non-hydrogen) atoms. The molecule has 0 atom stereocenters. The summed E-state index contributed by atoms with van der Waals surface area (Å²) >= 11 is 6.16. The van der Waals surface area contributed by atoms with Crippen LogP contribution in [0.3, 0.4) is 0 Å². The fourth-order valence-corrected chi connectivity index (χ4v) is 4.05. The van der Waals surface area contributed by atoms with Gasteiger partial charge in [0.15, 0.2) is 11.5 Å². The number of unbranched alkanes of at least 4 members (excludes halogenated alkanes) is 1. The van der Waals surface area contributed by atoms with Crippen molar-refractivity contribution in [1.29, 1.82) is 0 Å². The van der Waals surface area contributed by atoms with Crippen molar-refractivity contribution < 1.29 is 19.0 Å². The number of nitrogens with one attached hydrogen (secondary N) is 1. The average molecular weight is 494 g/mol. The van der Waals surface area contributed by atoms with Crippen LogP contribution in [0.2, 0.25) is 5.02 Å². The molecule has 7 nitrogen and oxygen atoms in total. The maximum Gasteiger partial charge on any atom is 0.251 e. The van der Waals surface area contributed by atoms with Gasteiger partial charge in [-0.25, -0.2) is 4.98 Å². The Bertz CT molecular complexity index is 1300. The highest BCUT2D eigenvalue weighted by Gasteiger charge is 2.14. The van der Waals surface area contributed by atoms with Crippen molar-refractivity contribution in [3.63, 3.8) is 0 Å². The zero-order chi connectivity index (χ0) is 24.6. The lowest BCUT2D eigenvalue weighted by Crippen LogP contribution is -2.25. The molecular formula is C27H28ClN3O4. The van der Waals surface area contributed by atoms with E-state index < -0.39 is 0 Å². The molecule has 4 aromatic rings. The van der Waals surface area contributed by atoms with Crippen molar-refractivity contribution >= 4 is 28.5 Å². The normalized spacial score (nSPS) is 10.8. The maximum absolute atomic E-state index is 12.8. The number of ether oxygens (including phenoxy) is 3. The molecular weight excluding hydrogens is 466 g/mol. The molecule has 0 saturated heterocycles. The van der Waals surface area contributed by atoms with Crippen LogP contribution < -0.4 is 19.5 Å². The summed E-state index contributed by atoms with van der Waals surface area (Å²) in [5.74, 6) is 2.36. The highest BCUT2D eigenvalue weighted by Crippen LogP contribution is 2.27. The number of hydrogen-bond donors (Lipinski definition) is 1. The van der Waals surface area contributed by atoms with Gasteiger partial charge in [0.05, 0.1) is 43.4 Å². The number of aryl methyl sites for hydroxylation is 1. The Balaban J connectivity index is 1.40. The number of methoxy groups -OCH3 is 2. The molecule has 0 unspecified atom stereocenters. The van der Waals surface area contributed by atoms with Crippen molar-refractivity contribution in [2.75, 3.05) is 20.8 Å². The molecule has 0 aliphatic rings. The van der Waals surface area contributed by atoms with E-state index >= 15 is 0 Å². The number of amides is 1. The van der Waals surface area contributed by atoms with Gasteiger partial charge in [0.1, 0.15) is 11.6 Å². The summed E-state index contributed by atoms with van der Waals surface area (Å²) in [6.07, 6.45) is 1.75. The van der Waals surface area contributed by atoms with E-state index in [0.717, 1.165) is 36.2 Å². The minimum atomic E-state index is -0.210. The Labute approximate surface area is 209 Å². The first-order chi connectivity index (χ1) is 17.1. The Hall–Kier alpha value is -3.71. The smallest absolute Gasteiger partial charge is 0.251 e. The van der Waals surface area contributed by atoms with Gasteiger partial charge in [0.2, 0.25) is 0 Å². The molecule has 3 aromatic carbocycles. The maximum atomic E-state index is 12.8. The number of fused-ring (bicyclic) bond motifs is 1. The van der Waals surface area contributed by atoms with Crippen LogP contribution >= 0.6 is 11.6 Å². The SMILES string of the molecule is COc1ccc(C(=O)NCc2nc3ccccc3n2CCCCOc2ccccc2Cl)cc1OC. The van der Waals surface area contributed by atoms with Crippen molar-refractivity contribution in [3.8, 4) is 17.2 Å². The number of halogens is 1. The van der Waals surface area contributed by atoms with Crippen LogP contribution in [-0.2, 0) is 13.1 Å². The minimum absolute atomic E-state index is 0.210. The number of nitrogens with zero attached hydrogens (tertiary/aromatic N) is 2. The zero-order valence-electron chi connectivity index (χ0n) is 19.8. The van der Waals surface area contributed by atoms with Crippen LogP contribution in [0, 0.1) is 0 Å². The number of para-hydroxylation sites is 3. The topological polar surface area (TPSA) is 74.6 Å². The van der Waals surface area contributed by atoms with Crippen LogP contribution in [0.4, 0.5) is 0 Å². The zero-order valence-corrected chi connectivity index (χ0v) is 20.5. The number of carbonyl (C=O) groups excluding carboxylic acids is 1. The van der Waals surface area contributed by atoms with Gasteiger partial charge in [-0.05, 0) is 55.3 Å². The number of aromatic nitrogens is 2. The molecule has 0 aliphatic heterocycles. The molecule has 1 N–H and O–H groups in total. The summed E-state index contributed by atoms with van der Waals surface area (Å²) in [5, 5.41) is 3.59. The third-order valence-corrected chi connectivity index (χ3v) is 5.97. The monoisotopic (exact) mass is 493 g/mol. The van der Waals surface area contributed by atoms with E-state index in [2.05, 4.69) is 9.88 Å². The Morgan fingerprint density at radius 2 is 1.71 bits per heavy atom. The van der Waals surface area contributed by atoms with Gasteiger partial charge in [-0.2, -0.15) is 0 Å². The second-order valence-electron chi connectivity index (χ2n) is 7.91. The number of carbonyl (C=O) groups is 1. The molecule has 0 fully saturated rings. The summed E-state index contributed by atoms with van der Waals surface area (Å²) < 4.78 is 18.5. The Morgan fingerprint density at radius 3 is 2.51 bits per heavy atom. The first-order valence-electron chi connectivity index (χ1n) is 11.4. The van der Waals surface area contributed by atoms with E-state index in [1.807, 2.05) is 48.5 Å². The quantitative estimate of drug-likeness (QED) is 0.279. The number of rotatable bonds is 11. The average Bonchev–Trinajstić information content (AvgIpc) is 3.25. The van der Waals surface area contributed by atoms with E-state index in [1.165, 1.54) is 0 Å². The number of hydrogen-bond acceptors (Lipinski definition) is 5. The molecule has 1 amide bonds. The third-order valence-electron chi connectivity index (χ3n) is 5.66. The van der Waals surface area contributed by atoms with E-state index in [4.69, 9.17) is 30.8 Å². The molecule has 1 aromatic heterocycles. The third kappa shape index (κ3) is 5.87. The number of imidazole rings is 1. The first kappa shape index (κ1) is 24.4. The fourth-order valence-electron chi connectivity index (χ4n) is 3.86. The van der Waals surface area contributed by atoms with Gasteiger partial charge < -0.3 is 24.1 Å². The predicted molar refractivity (Wildman–Crippen MR) is 137 cm³/mol. The van der Waals surface area contributed by atoms with E-state index in [9.17, 15) is 4.79 Å². The fraction of sp³-hybridized carbons (Fsp3) is 0.259. The van der Waals surface area contributed by atoms with Gasteiger partial charge in [-0.1, -0.05) is 35.9 Å². The molecule has 8 heteroatoms. The van der Waals surface area contributed by atoms with Crippen LogP contribution in [0.5, 0.6) is 17.2 Å². The molecule has 1 heterocycles. The summed E-state index contributed by atoms with van der Waals surface area (Å²) in [7, 11) is 3.10. The second kappa shape index (κ2) is 11.6. The largest absolute Gasteiger partial charge is 0.493 e. The van der Waals surface area contributed by atoms with Crippen molar-refractivity contribution in [1.82, 2.24) is 14.9 Å². The Kier molecular flexibility index (Phi) is 8.11. The molecule has 0 saturated carbocycles. The highest BCUT2D eigenvalue weighted by molar-refractivity contribution is 6.32. The summed E-state index contributed by atoms with van der Waals surface area (Å²) in [6.45, 7) is 1.63. The van der Waals surface area contributed by atoms with E-state index in [0.29, 0.717) is 41.0 Å². The lowest BCUT2D eigenvalue weighted by Gasteiger charge is -2.12. The summed E-state index contributed by atoms with van der Waals surface area (Å²) in [6, 6.07) is 20.5. The van der Waals surface area contributed by atoms with Crippen LogP contribution in [0.1, 0.15) is 29.0 Å². The first-order valence-corrected chi connectivity index (χ1v) is 11.8. The van der Waals surface area contributed by atoms with E-state index in [1.54, 1.807) is 32.4 Å². The molecule has 4 rings (SSSR count). The predicted octanol–water partition coefficient (Wildman–Crippen LogP) is 5.50. The van der Waals surface area contributed by atoms with E-state index in [-0.39, 0.29) is 5.91 Å². The lowest BCUT2D eigenvalue weighted by atomic mass is 10.2. The van der Waals surface area contributed by atoms with Gasteiger partial charge >= 0.3 is 0 Å². The van der Waals surface area contributed by atoms with Crippen LogP contribution in [0.15, 0.2) is 66.7 Å².